The van der Waals surface area contributed by atoms with Crippen molar-refractivity contribution in [2.45, 2.75) is 33.3 Å². The van der Waals surface area contributed by atoms with Crippen LogP contribution >= 0.6 is 0 Å². The zero-order valence-electron chi connectivity index (χ0n) is 17.5. The van der Waals surface area contributed by atoms with Crippen LogP contribution in [0.15, 0.2) is 48.5 Å². The second-order valence-electron chi connectivity index (χ2n) is 8.09. The molecule has 0 aromatic heterocycles. The maximum Gasteiger partial charge on any atom is 0.326 e. The van der Waals surface area contributed by atoms with Gasteiger partial charge in [-0.3, -0.25) is 29.0 Å². The molecule has 0 aliphatic carbocycles. The maximum atomic E-state index is 13.2. The van der Waals surface area contributed by atoms with E-state index in [1.54, 1.807) is 57.2 Å². The van der Waals surface area contributed by atoms with E-state index in [4.69, 9.17) is 4.74 Å². The fraction of sp³-hybridized carbons (Fsp3) is 0.304. The lowest BCUT2D eigenvalue weighted by Gasteiger charge is -2.27. The predicted molar refractivity (Wildman–Crippen MR) is 111 cm³/mol. The van der Waals surface area contributed by atoms with Crippen molar-refractivity contribution in [2.75, 3.05) is 18.0 Å². The molecule has 0 spiro atoms. The number of carbonyl (C=O) groups excluding carboxylic acids is 4. The third-order valence-electron chi connectivity index (χ3n) is 4.59. The van der Waals surface area contributed by atoms with E-state index in [-0.39, 0.29) is 17.7 Å². The largest absolute Gasteiger partial charge is 0.459 e. The van der Waals surface area contributed by atoms with E-state index in [1.165, 1.54) is 4.90 Å². The Morgan fingerprint density at radius 1 is 0.933 bits per heavy atom. The van der Waals surface area contributed by atoms with Gasteiger partial charge >= 0.3 is 5.97 Å². The topological polar surface area (TPSA) is 84.0 Å². The molecule has 0 N–H and O–H groups in total. The van der Waals surface area contributed by atoms with Crippen LogP contribution in [0.25, 0.3) is 0 Å². The summed E-state index contributed by atoms with van der Waals surface area (Å²) >= 11 is 0. The molecule has 1 heterocycles. The minimum atomic E-state index is -0.708. The maximum absolute atomic E-state index is 13.2. The van der Waals surface area contributed by atoms with Gasteiger partial charge in [-0.25, -0.2) is 0 Å². The van der Waals surface area contributed by atoms with Gasteiger partial charge in [-0.1, -0.05) is 30.3 Å². The van der Waals surface area contributed by atoms with Crippen molar-refractivity contribution < 1.29 is 23.9 Å². The van der Waals surface area contributed by atoms with E-state index >= 15 is 0 Å². The van der Waals surface area contributed by atoms with Gasteiger partial charge in [-0.05, 0) is 51.5 Å². The number of aryl methyl sites for hydroxylation is 1. The SMILES string of the molecule is Cc1ccccc1N(CC(=O)OC(C)(C)C)C(=O)CN1C(=O)c2ccccc2C1=O. The molecule has 0 bridgehead atoms. The molecule has 3 rings (SSSR count). The summed E-state index contributed by atoms with van der Waals surface area (Å²) in [6.45, 7) is 6.23. The average molecular weight is 408 g/mol. The summed E-state index contributed by atoms with van der Waals surface area (Å²) < 4.78 is 5.36. The van der Waals surface area contributed by atoms with Gasteiger partial charge in [0.2, 0.25) is 5.91 Å². The van der Waals surface area contributed by atoms with Crippen LogP contribution in [-0.4, -0.2) is 47.3 Å². The highest BCUT2D eigenvalue weighted by molar-refractivity contribution is 6.22. The second-order valence-corrected chi connectivity index (χ2v) is 8.09. The summed E-state index contributed by atoms with van der Waals surface area (Å²) in [5, 5.41) is 0. The molecule has 1 aliphatic rings. The van der Waals surface area contributed by atoms with Crippen molar-refractivity contribution in [3.05, 3.63) is 65.2 Å². The molecular weight excluding hydrogens is 384 g/mol. The van der Waals surface area contributed by atoms with Gasteiger partial charge in [0, 0.05) is 5.69 Å². The Balaban J connectivity index is 1.86. The van der Waals surface area contributed by atoms with Crippen LogP contribution in [0.5, 0.6) is 0 Å². The lowest BCUT2D eigenvalue weighted by molar-refractivity contribution is -0.153. The first kappa shape index (κ1) is 21.2. The molecule has 156 valence electrons. The van der Waals surface area contributed by atoms with Gasteiger partial charge in [-0.2, -0.15) is 0 Å². The van der Waals surface area contributed by atoms with Gasteiger partial charge in [0.05, 0.1) is 11.1 Å². The van der Waals surface area contributed by atoms with Crippen LogP contribution in [0.1, 0.15) is 47.1 Å². The minimum Gasteiger partial charge on any atom is -0.459 e. The molecule has 7 heteroatoms. The van der Waals surface area contributed by atoms with Gasteiger partial charge < -0.3 is 4.74 Å². The molecule has 0 fully saturated rings. The smallest absolute Gasteiger partial charge is 0.326 e. The minimum absolute atomic E-state index is 0.268. The van der Waals surface area contributed by atoms with Crippen LogP contribution in [-0.2, 0) is 14.3 Å². The summed E-state index contributed by atoms with van der Waals surface area (Å²) in [5.74, 6) is -2.18. The number of benzene rings is 2. The molecule has 0 saturated heterocycles. The van der Waals surface area contributed by atoms with E-state index in [9.17, 15) is 19.2 Å². The molecule has 0 unspecified atom stereocenters. The standard InChI is InChI=1S/C23H24N2O5/c1-15-9-5-8-12-18(15)24(14-20(27)30-23(2,3)4)19(26)13-25-21(28)16-10-6-7-11-17(16)22(25)29/h5-12H,13-14H2,1-4H3. The summed E-state index contributed by atoms with van der Waals surface area (Å²) in [6.07, 6.45) is 0. The highest BCUT2D eigenvalue weighted by atomic mass is 16.6. The summed E-state index contributed by atoms with van der Waals surface area (Å²) in [6, 6.07) is 13.5. The summed E-state index contributed by atoms with van der Waals surface area (Å²) in [7, 11) is 0. The Bertz CT molecular complexity index is 987. The number of amides is 3. The normalized spacial score (nSPS) is 13.3. The Morgan fingerprint density at radius 2 is 1.47 bits per heavy atom. The van der Waals surface area contributed by atoms with Gasteiger partial charge in [-0.15, -0.1) is 0 Å². The first-order chi connectivity index (χ1) is 14.1. The van der Waals surface area contributed by atoms with Gasteiger partial charge in [0.1, 0.15) is 18.7 Å². The number of anilines is 1. The lowest BCUT2D eigenvalue weighted by Crippen LogP contribution is -2.46. The molecule has 0 atom stereocenters. The molecule has 1 aliphatic heterocycles. The number of rotatable bonds is 5. The molecule has 0 saturated carbocycles. The zero-order valence-corrected chi connectivity index (χ0v) is 17.5. The Kier molecular flexibility index (Phi) is 5.73. The number of carbonyl (C=O) groups is 4. The second kappa shape index (κ2) is 8.10. The number of hydrogen-bond donors (Lipinski definition) is 0. The van der Waals surface area contributed by atoms with Gasteiger partial charge in [0.25, 0.3) is 11.8 Å². The predicted octanol–water partition coefficient (Wildman–Crippen LogP) is 2.97. The number of fused-ring (bicyclic) bond motifs is 1. The lowest BCUT2D eigenvalue weighted by atomic mass is 10.1. The third-order valence-corrected chi connectivity index (χ3v) is 4.59. The third kappa shape index (κ3) is 4.40. The molecule has 2 aromatic rings. The number of hydrogen-bond acceptors (Lipinski definition) is 5. The van der Waals surface area contributed by atoms with Crippen molar-refractivity contribution in [2.24, 2.45) is 0 Å². The Morgan fingerprint density at radius 3 is 2.00 bits per heavy atom. The average Bonchev–Trinajstić information content (AvgIpc) is 2.90. The van der Waals surface area contributed by atoms with Gasteiger partial charge in [0.15, 0.2) is 0 Å². The van der Waals surface area contributed by atoms with Crippen LogP contribution < -0.4 is 4.90 Å². The van der Waals surface area contributed by atoms with Crippen molar-refractivity contribution in [1.29, 1.82) is 0 Å². The van der Waals surface area contributed by atoms with Crippen molar-refractivity contribution in [3.8, 4) is 0 Å². The number of esters is 1. The fourth-order valence-corrected chi connectivity index (χ4v) is 3.28. The van der Waals surface area contributed by atoms with E-state index < -0.39 is 35.8 Å². The van der Waals surface area contributed by atoms with Crippen molar-refractivity contribution in [3.63, 3.8) is 0 Å². The number of para-hydroxylation sites is 1. The summed E-state index contributed by atoms with van der Waals surface area (Å²) in [5.41, 5.74) is 1.12. The molecule has 30 heavy (non-hydrogen) atoms. The monoisotopic (exact) mass is 408 g/mol. The summed E-state index contributed by atoms with van der Waals surface area (Å²) in [4.78, 5) is 53.0. The van der Waals surface area contributed by atoms with E-state index in [0.29, 0.717) is 5.69 Å². The molecule has 0 radical (unpaired) electrons. The van der Waals surface area contributed by atoms with Crippen LogP contribution in [0.3, 0.4) is 0 Å². The van der Waals surface area contributed by atoms with Crippen LogP contribution in [0.2, 0.25) is 0 Å². The first-order valence-corrected chi connectivity index (χ1v) is 9.61. The highest BCUT2D eigenvalue weighted by Crippen LogP contribution is 2.24. The van der Waals surface area contributed by atoms with Crippen LogP contribution in [0, 0.1) is 6.92 Å². The molecular formula is C23H24N2O5. The molecule has 7 nitrogen and oxygen atoms in total. The number of nitrogens with zero attached hydrogens (tertiary/aromatic N) is 2. The number of ether oxygens (including phenoxy) is 1. The van der Waals surface area contributed by atoms with Crippen LogP contribution in [0.4, 0.5) is 5.69 Å². The van der Waals surface area contributed by atoms with E-state index in [1.807, 2.05) is 19.1 Å². The molecule has 2 aromatic carbocycles. The van der Waals surface area contributed by atoms with Crippen molar-refractivity contribution in [1.82, 2.24) is 4.90 Å². The fourth-order valence-electron chi connectivity index (χ4n) is 3.28. The number of imide groups is 1. The van der Waals surface area contributed by atoms with E-state index in [0.717, 1.165) is 10.5 Å². The molecule has 3 amide bonds. The zero-order chi connectivity index (χ0) is 22.1. The highest BCUT2D eigenvalue weighted by Gasteiger charge is 2.37. The first-order valence-electron chi connectivity index (χ1n) is 9.61. The van der Waals surface area contributed by atoms with Crippen molar-refractivity contribution >= 4 is 29.4 Å². The Hall–Kier alpha value is -3.48. The Labute approximate surface area is 175 Å². The quantitative estimate of drug-likeness (QED) is 0.561. The van der Waals surface area contributed by atoms with E-state index in [2.05, 4.69) is 0 Å².